The third kappa shape index (κ3) is 4.07. The third-order valence-corrected chi connectivity index (χ3v) is 4.29. The van der Waals surface area contributed by atoms with Gasteiger partial charge < -0.3 is 4.74 Å². The molecule has 0 aliphatic heterocycles. The third-order valence-electron chi connectivity index (χ3n) is 3.40. The number of para-hydroxylation sites is 1. The van der Waals surface area contributed by atoms with Gasteiger partial charge in [0.25, 0.3) is 0 Å². The predicted octanol–water partition coefficient (Wildman–Crippen LogP) is 4.21. The van der Waals surface area contributed by atoms with Crippen LogP contribution in [0.25, 0.3) is 0 Å². The van der Waals surface area contributed by atoms with Crippen LogP contribution in [0.2, 0.25) is 0 Å². The number of rotatable bonds is 5. The summed E-state index contributed by atoms with van der Waals surface area (Å²) in [6.45, 7) is 1.48. The minimum atomic E-state index is 0.589. The summed E-state index contributed by atoms with van der Waals surface area (Å²) in [4.78, 5) is 0. The monoisotopic (exact) mass is 402 g/mol. The maximum absolute atomic E-state index is 5.86. The van der Waals surface area contributed by atoms with Gasteiger partial charge in [-0.1, -0.05) is 42.5 Å². The van der Waals surface area contributed by atoms with E-state index in [-0.39, 0.29) is 0 Å². The van der Waals surface area contributed by atoms with Crippen molar-refractivity contribution in [1.29, 1.82) is 0 Å². The lowest BCUT2D eigenvalue weighted by atomic mass is 10.2. The van der Waals surface area contributed by atoms with Gasteiger partial charge in [0.05, 0.1) is 3.57 Å². The smallest absolute Gasteiger partial charge is 0.173 e. The van der Waals surface area contributed by atoms with Crippen LogP contribution >= 0.6 is 22.6 Å². The van der Waals surface area contributed by atoms with Crippen molar-refractivity contribution in [3.05, 3.63) is 93.8 Å². The topological polar surface area (TPSA) is 13.1 Å². The van der Waals surface area contributed by atoms with Gasteiger partial charge in [-0.25, -0.2) is 4.57 Å². The van der Waals surface area contributed by atoms with E-state index < -0.39 is 0 Å². The molecule has 0 saturated carbocycles. The minimum Gasteiger partial charge on any atom is -0.488 e. The van der Waals surface area contributed by atoms with E-state index in [4.69, 9.17) is 4.74 Å². The van der Waals surface area contributed by atoms with Crippen molar-refractivity contribution in [3.63, 3.8) is 0 Å². The number of hydrogen-bond donors (Lipinski definition) is 0. The first-order valence-electron chi connectivity index (χ1n) is 7.20. The molecule has 0 unspecified atom stereocenters. The summed E-state index contributed by atoms with van der Waals surface area (Å²) in [7, 11) is 0. The Kier molecular flexibility index (Phi) is 5.06. The van der Waals surface area contributed by atoms with E-state index in [1.54, 1.807) is 0 Å². The molecule has 0 bridgehead atoms. The summed E-state index contributed by atoms with van der Waals surface area (Å²) in [6, 6.07) is 22.7. The molecular formula is C19H17INO+. The second-order valence-corrected chi connectivity index (χ2v) is 6.25. The molecular weight excluding hydrogens is 385 g/mol. The van der Waals surface area contributed by atoms with Gasteiger partial charge in [0, 0.05) is 23.3 Å². The highest BCUT2D eigenvalue weighted by molar-refractivity contribution is 14.1. The molecule has 3 heteroatoms. The van der Waals surface area contributed by atoms with Gasteiger partial charge in [-0.15, -0.1) is 0 Å². The van der Waals surface area contributed by atoms with E-state index >= 15 is 0 Å². The zero-order chi connectivity index (χ0) is 15.2. The second kappa shape index (κ2) is 7.40. The maximum Gasteiger partial charge on any atom is 0.173 e. The predicted molar refractivity (Wildman–Crippen MR) is 95.7 cm³/mol. The van der Waals surface area contributed by atoms with Gasteiger partial charge in [-0.2, -0.15) is 0 Å². The fourth-order valence-electron chi connectivity index (χ4n) is 2.21. The standard InChI is InChI=1S/C19H17INO/c20-18-8-4-5-9-19(18)22-15-17-10-12-21(13-11-17)14-16-6-2-1-3-7-16/h1-13H,14-15H2/q+1. The van der Waals surface area contributed by atoms with E-state index in [0.29, 0.717) is 6.61 Å². The van der Waals surface area contributed by atoms with Crippen LogP contribution in [0.1, 0.15) is 11.1 Å². The van der Waals surface area contributed by atoms with E-state index in [9.17, 15) is 0 Å². The fraction of sp³-hybridized carbons (Fsp3) is 0.105. The summed E-state index contributed by atoms with van der Waals surface area (Å²) in [5.41, 5.74) is 2.47. The molecule has 22 heavy (non-hydrogen) atoms. The zero-order valence-electron chi connectivity index (χ0n) is 12.2. The molecule has 3 aromatic rings. The molecule has 0 amide bonds. The Morgan fingerprint density at radius 2 is 1.45 bits per heavy atom. The van der Waals surface area contributed by atoms with Crippen molar-refractivity contribution in [3.8, 4) is 5.75 Å². The Bertz CT molecular complexity index is 726. The number of benzene rings is 2. The summed E-state index contributed by atoms with van der Waals surface area (Å²) in [6.07, 6.45) is 4.20. The lowest BCUT2D eigenvalue weighted by Crippen LogP contribution is -2.33. The normalized spacial score (nSPS) is 10.4. The van der Waals surface area contributed by atoms with Crippen molar-refractivity contribution in [2.45, 2.75) is 13.2 Å². The zero-order valence-corrected chi connectivity index (χ0v) is 14.3. The second-order valence-electron chi connectivity index (χ2n) is 5.08. The van der Waals surface area contributed by atoms with Crippen molar-refractivity contribution >= 4 is 22.6 Å². The number of nitrogens with zero attached hydrogens (tertiary/aromatic N) is 1. The largest absolute Gasteiger partial charge is 0.488 e. The van der Waals surface area contributed by atoms with Crippen molar-refractivity contribution in [1.82, 2.24) is 0 Å². The highest BCUT2D eigenvalue weighted by Crippen LogP contribution is 2.20. The molecule has 1 aromatic heterocycles. The van der Waals surface area contributed by atoms with Crippen molar-refractivity contribution in [2.75, 3.05) is 0 Å². The van der Waals surface area contributed by atoms with Gasteiger partial charge in [0.2, 0.25) is 0 Å². The summed E-state index contributed by atoms with van der Waals surface area (Å²) >= 11 is 2.29. The molecule has 2 aromatic carbocycles. The van der Waals surface area contributed by atoms with Gasteiger partial charge in [-0.05, 0) is 34.7 Å². The molecule has 0 spiro atoms. The quantitative estimate of drug-likeness (QED) is 0.461. The van der Waals surface area contributed by atoms with E-state index in [1.165, 1.54) is 11.1 Å². The van der Waals surface area contributed by atoms with E-state index in [2.05, 4.69) is 82.0 Å². The van der Waals surface area contributed by atoms with Crippen molar-refractivity contribution < 1.29 is 9.30 Å². The Morgan fingerprint density at radius 3 is 2.18 bits per heavy atom. The Balaban J connectivity index is 1.61. The number of pyridine rings is 1. The average molecular weight is 402 g/mol. The Hall–Kier alpha value is -1.88. The van der Waals surface area contributed by atoms with Crippen LogP contribution in [0.4, 0.5) is 0 Å². The lowest BCUT2D eigenvalue weighted by Gasteiger charge is -2.07. The molecule has 0 aliphatic carbocycles. The van der Waals surface area contributed by atoms with Crippen LogP contribution in [0, 0.1) is 3.57 Å². The van der Waals surface area contributed by atoms with Crippen LogP contribution < -0.4 is 9.30 Å². The van der Waals surface area contributed by atoms with Crippen molar-refractivity contribution in [2.24, 2.45) is 0 Å². The number of hydrogen-bond acceptors (Lipinski definition) is 1. The molecule has 1 heterocycles. The molecule has 0 N–H and O–H groups in total. The minimum absolute atomic E-state index is 0.589. The molecule has 0 radical (unpaired) electrons. The first kappa shape index (κ1) is 15.0. The van der Waals surface area contributed by atoms with Gasteiger partial charge in [-0.3, -0.25) is 0 Å². The first-order chi connectivity index (χ1) is 10.8. The molecule has 0 atom stereocenters. The van der Waals surface area contributed by atoms with E-state index in [0.717, 1.165) is 15.9 Å². The number of halogens is 1. The molecule has 110 valence electrons. The van der Waals surface area contributed by atoms with E-state index in [1.807, 2.05) is 24.3 Å². The summed E-state index contributed by atoms with van der Waals surface area (Å²) in [5, 5.41) is 0. The van der Waals surface area contributed by atoms with Crippen LogP contribution in [-0.2, 0) is 13.2 Å². The highest BCUT2D eigenvalue weighted by Gasteiger charge is 2.04. The first-order valence-corrected chi connectivity index (χ1v) is 8.28. The molecule has 0 aliphatic rings. The van der Waals surface area contributed by atoms with Gasteiger partial charge in [0.1, 0.15) is 12.4 Å². The number of aromatic nitrogens is 1. The molecule has 2 nitrogen and oxygen atoms in total. The molecule has 3 rings (SSSR count). The Morgan fingerprint density at radius 1 is 0.773 bits per heavy atom. The molecule has 0 saturated heterocycles. The highest BCUT2D eigenvalue weighted by atomic mass is 127. The van der Waals surface area contributed by atoms with Crippen LogP contribution in [0.5, 0.6) is 5.75 Å². The van der Waals surface area contributed by atoms with Crippen LogP contribution in [0.3, 0.4) is 0 Å². The van der Waals surface area contributed by atoms with Crippen LogP contribution in [0.15, 0.2) is 79.1 Å². The summed E-state index contributed by atoms with van der Waals surface area (Å²) < 4.78 is 9.17. The fourth-order valence-corrected chi connectivity index (χ4v) is 2.75. The van der Waals surface area contributed by atoms with Gasteiger partial charge >= 0.3 is 0 Å². The maximum atomic E-state index is 5.86. The molecule has 0 fully saturated rings. The summed E-state index contributed by atoms with van der Waals surface area (Å²) in [5.74, 6) is 0.934. The van der Waals surface area contributed by atoms with Gasteiger partial charge in [0.15, 0.2) is 18.9 Å². The average Bonchev–Trinajstić information content (AvgIpc) is 2.56. The Labute approximate surface area is 144 Å². The SMILES string of the molecule is Ic1ccccc1OCc1cc[n+](Cc2ccccc2)cc1. The number of ether oxygens (including phenoxy) is 1. The lowest BCUT2D eigenvalue weighted by molar-refractivity contribution is -0.688. The van der Waals surface area contributed by atoms with Crippen LogP contribution in [-0.4, -0.2) is 0 Å².